The van der Waals surface area contributed by atoms with Crippen LogP contribution in [0.2, 0.25) is 5.02 Å². The van der Waals surface area contributed by atoms with Gasteiger partial charge in [0, 0.05) is 17.4 Å². The summed E-state index contributed by atoms with van der Waals surface area (Å²) in [6, 6.07) is 11.4. The van der Waals surface area contributed by atoms with Gasteiger partial charge >= 0.3 is 6.61 Å². The van der Waals surface area contributed by atoms with Gasteiger partial charge in [-0.1, -0.05) is 35.5 Å². The van der Waals surface area contributed by atoms with Crippen LogP contribution in [0.15, 0.2) is 52.4 Å². The Hall–Kier alpha value is -2.16. The van der Waals surface area contributed by atoms with Crippen molar-refractivity contribution in [2.24, 2.45) is 0 Å². The van der Waals surface area contributed by atoms with Crippen LogP contribution < -0.4 is 10.3 Å². The van der Waals surface area contributed by atoms with Crippen molar-refractivity contribution in [1.82, 2.24) is 9.55 Å². The van der Waals surface area contributed by atoms with Crippen LogP contribution in [0.1, 0.15) is 17.7 Å². The number of aromatic nitrogens is 2. The Morgan fingerprint density at radius 2 is 1.93 bits per heavy atom. The molecule has 0 fully saturated rings. The number of fused-ring (bicyclic) bond motifs is 1. The number of rotatable bonds is 8. The van der Waals surface area contributed by atoms with Gasteiger partial charge in [-0.25, -0.2) is 4.98 Å². The van der Waals surface area contributed by atoms with Gasteiger partial charge in [-0.05, 0) is 42.8 Å². The summed E-state index contributed by atoms with van der Waals surface area (Å²) in [5.74, 6) is 0.0939. The van der Waals surface area contributed by atoms with Crippen LogP contribution in [0.25, 0.3) is 10.9 Å². The van der Waals surface area contributed by atoms with Gasteiger partial charge in [0.15, 0.2) is 5.16 Å². The molecule has 0 spiro atoms. The van der Waals surface area contributed by atoms with Crippen molar-refractivity contribution in [1.29, 1.82) is 0 Å². The van der Waals surface area contributed by atoms with Crippen LogP contribution in [0.5, 0.6) is 5.75 Å². The number of ether oxygens (including phenoxy) is 2. The first kappa shape index (κ1) is 21.5. The summed E-state index contributed by atoms with van der Waals surface area (Å²) < 4.78 is 35.7. The minimum Gasteiger partial charge on any atom is -0.435 e. The molecule has 0 saturated carbocycles. The molecule has 1 atom stereocenters. The van der Waals surface area contributed by atoms with E-state index in [1.54, 1.807) is 42.0 Å². The quantitative estimate of drug-likeness (QED) is 0.358. The lowest BCUT2D eigenvalue weighted by molar-refractivity contribution is -0.0498. The molecule has 3 rings (SSSR count). The molecule has 2 aromatic carbocycles. The maximum atomic E-state index is 13.0. The number of hydrogen-bond donors (Lipinski definition) is 0. The molecule has 0 saturated heterocycles. The molecule has 154 valence electrons. The third-order valence-electron chi connectivity index (χ3n) is 4.26. The van der Waals surface area contributed by atoms with E-state index in [9.17, 15) is 13.6 Å². The Labute approximate surface area is 175 Å². The number of hydrogen-bond acceptors (Lipinski definition) is 5. The number of nitrogens with zero attached hydrogens (tertiary/aromatic N) is 2. The molecule has 1 unspecified atom stereocenters. The summed E-state index contributed by atoms with van der Waals surface area (Å²) in [6.07, 6.45) is 0. The van der Waals surface area contributed by atoms with E-state index in [1.807, 2.05) is 6.92 Å². The van der Waals surface area contributed by atoms with Gasteiger partial charge < -0.3 is 9.47 Å². The summed E-state index contributed by atoms with van der Waals surface area (Å²) in [6.45, 7) is -0.196. The summed E-state index contributed by atoms with van der Waals surface area (Å²) in [7, 11) is 1.57. The van der Waals surface area contributed by atoms with Gasteiger partial charge in [0.2, 0.25) is 0 Å². The third kappa shape index (κ3) is 5.26. The van der Waals surface area contributed by atoms with Crippen molar-refractivity contribution < 1.29 is 18.3 Å². The molecular formula is C20H19ClF2N2O3S. The van der Waals surface area contributed by atoms with Gasteiger partial charge in [-0.2, -0.15) is 8.78 Å². The Morgan fingerprint density at radius 1 is 1.21 bits per heavy atom. The zero-order valence-corrected chi connectivity index (χ0v) is 17.3. The lowest BCUT2D eigenvalue weighted by atomic mass is 10.2. The molecule has 0 bridgehead atoms. The predicted molar refractivity (Wildman–Crippen MR) is 110 cm³/mol. The van der Waals surface area contributed by atoms with E-state index in [4.69, 9.17) is 16.3 Å². The first-order valence-corrected chi connectivity index (χ1v) is 10.0. The molecule has 0 N–H and O–H groups in total. The fraction of sp³-hybridized carbons (Fsp3) is 0.300. The average Bonchev–Trinajstić information content (AvgIpc) is 2.67. The number of alkyl halides is 2. The van der Waals surface area contributed by atoms with E-state index >= 15 is 0 Å². The fourth-order valence-corrected chi connectivity index (χ4v) is 4.02. The molecule has 0 aliphatic rings. The highest BCUT2D eigenvalue weighted by atomic mass is 35.5. The van der Waals surface area contributed by atoms with E-state index in [2.05, 4.69) is 9.72 Å². The summed E-state index contributed by atoms with van der Waals surface area (Å²) in [5.41, 5.74) is 1.24. The second-order valence-electron chi connectivity index (χ2n) is 6.21. The number of thioether (sulfide) groups is 1. The monoisotopic (exact) mass is 440 g/mol. The number of benzene rings is 2. The van der Waals surface area contributed by atoms with Crippen molar-refractivity contribution >= 4 is 34.3 Å². The maximum Gasteiger partial charge on any atom is 0.387 e. The normalized spacial score (nSPS) is 12.5. The van der Waals surface area contributed by atoms with Gasteiger partial charge in [0.1, 0.15) is 5.75 Å². The Kier molecular flexibility index (Phi) is 7.10. The first-order valence-electron chi connectivity index (χ1n) is 8.79. The lowest BCUT2D eigenvalue weighted by Crippen LogP contribution is -2.25. The van der Waals surface area contributed by atoms with Crippen LogP contribution >= 0.6 is 23.4 Å². The standard InChI is InChI=1S/C20H19ClF2N2O3S/c1-12(13-3-6-15(7-4-13)28-19(22)23)29-20-24-17-11-14(21)5-8-16(17)18(26)25(20)9-10-27-2/h3-8,11-12,19H,9-10H2,1-2H3. The Balaban J connectivity index is 1.93. The smallest absolute Gasteiger partial charge is 0.387 e. The minimum absolute atomic E-state index is 0.0899. The molecule has 0 amide bonds. The molecule has 0 aliphatic carbocycles. The molecule has 9 heteroatoms. The fourth-order valence-electron chi connectivity index (χ4n) is 2.79. The van der Waals surface area contributed by atoms with Crippen LogP contribution in [0.4, 0.5) is 8.78 Å². The summed E-state index contributed by atoms with van der Waals surface area (Å²) >= 11 is 7.45. The molecule has 3 aromatic rings. The number of halogens is 3. The van der Waals surface area contributed by atoms with Gasteiger partial charge in [0.25, 0.3) is 5.56 Å². The number of methoxy groups -OCH3 is 1. The van der Waals surface area contributed by atoms with Crippen LogP contribution in [0.3, 0.4) is 0 Å². The van der Waals surface area contributed by atoms with Crippen molar-refractivity contribution in [3.05, 3.63) is 63.4 Å². The molecule has 1 aromatic heterocycles. The van der Waals surface area contributed by atoms with E-state index in [0.29, 0.717) is 34.2 Å². The SMILES string of the molecule is COCCn1c(SC(C)c2ccc(OC(F)F)cc2)nc2cc(Cl)ccc2c1=O. The molecule has 0 radical (unpaired) electrons. The van der Waals surface area contributed by atoms with E-state index in [0.717, 1.165) is 5.56 Å². The largest absolute Gasteiger partial charge is 0.435 e. The third-order valence-corrected chi connectivity index (χ3v) is 5.64. The summed E-state index contributed by atoms with van der Waals surface area (Å²) in [5, 5.41) is 1.42. The highest BCUT2D eigenvalue weighted by Crippen LogP contribution is 2.35. The second kappa shape index (κ2) is 9.56. The molecule has 29 heavy (non-hydrogen) atoms. The summed E-state index contributed by atoms with van der Waals surface area (Å²) in [4.78, 5) is 17.6. The van der Waals surface area contributed by atoms with Crippen molar-refractivity contribution in [2.45, 2.75) is 30.5 Å². The zero-order valence-electron chi connectivity index (χ0n) is 15.8. The van der Waals surface area contributed by atoms with Crippen LogP contribution in [-0.4, -0.2) is 29.9 Å². The van der Waals surface area contributed by atoms with Gasteiger partial charge in [0.05, 0.1) is 24.1 Å². The lowest BCUT2D eigenvalue weighted by Gasteiger charge is -2.17. The molecule has 1 heterocycles. The Bertz CT molecular complexity index is 1040. The molecular weight excluding hydrogens is 422 g/mol. The Morgan fingerprint density at radius 3 is 2.59 bits per heavy atom. The molecule has 0 aliphatic heterocycles. The first-order chi connectivity index (χ1) is 13.9. The van der Waals surface area contributed by atoms with E-state index < -0.39 is 6.61 Å². The van der Waals surface area contributed by atoms with Crippen molar-refractivity contribution in [3.63, 3.8) is 0 Å². The highest BCUT2D eigenvalue weighted by Gasteiger charge is 2.16. The second-order valence-corrected chi connectivity index (χ2v) is 7.96. The molecule has 5 nitrogen and oxygen atoms in total. The van der Waals surface area contributed by atoms with Crippen LogP contribution in [-0.2, 0) is 11.3 Å². The van der Waals surface area contributed by atoms with Crippen LogP contribution in [0, 0.1) is 0 Å². The minimum atomic E-state index is -2.86. The maximum absolute atomic E-state index is 13.0. The predicted octanol–water partition coefficient (Wildman–Crippen LogP) is 5.15. The van der Waals surface area contributed by atoms with E-state index in [-0.39, 0.29) is 16.6 Å². The van der Waals surface area contributed by atoms with Gasteiger partial charge in [-0.3, -0.25) is 9.36 Å². The van der Waals surface area contributed by atoms with Gasteiger partial charge in [-0.15, -0.1) is 0 Å². The zero-order chi connectivity index (χ0) is 21.0. The topological polar surface area (TPSA) is 53.4 Å². The average molecular weight is 441 g/mol. The van der Waals surface area contributed by atoms with Crippen molar-refractivity contribution in [3.8, 4) is 5.75 Å². The van der Waals surface area contributed by atoms with E-state index in [1.165, 1.54) is 23.9 Å². The van der Waals surface area contributed by atoms with Crippen molar-refractivity contribution in [2.75, 3.05) is 13.7 Å². The highest BCUT2D eigenvalue weighted by molar-refractivity contribution is 7.99.